The monoisotopic (exact) mass is 477 g/mol. The molecule has 1 heterocycles. The second kappa shape index (κ2) is 10.6. The molecule has 1 fully saturated rings. The molecule has 4 rings (SSSR count). The summed E-state index contributed by atoms with van der Waals surface area (Å²) in [7, 11) is 0. The van der Waals surface area contributed by atoms with E-state index in [0.29, 0.717) is 42.5 Å². The standard InChI is InChI=1S/C27H28ClN3O3/c1-19-15-20(2)17-23(16-19)34-18-26(32)29-24-5-3-4-6-25(24)30-11-13-31(14-12-30)27(33)21-7-9-22(28)10-8-21/h3-10,15-17H,11-14,18H2,1-2H3,(H,29,32). The molecule has 2 amide bonds. The molecule has 0 aliphatic carbocycles. The number of nitrogens with one attached hydrogen (secondary N) is 1. The number of carbonyl (C=O) groups excluding carboxylic acids is 2. The van der Waals surface area contributed by atoms with Gasteiger partial charge in [-0.25, -0.2) is 0 Å². The smallest absolute Gasteiger partial charge is 0.262 e. The quantitative estimate of drug-likeness (QED) is 0.546. The number of piperazine rings is 1. The summed E-state index contributed by atoms with van der Waals surface area (Å²) >= 11 is 5.93. The van der Waals surface area contributed by atoms with E-state index in [2.05, 4.69) is 16.3 Å². The largest absolute Gasteiger partial charge is 0.484 e. The van der Waals surface area contributed by atoms with Crippen LogP contribution in [0.1, 0.15) is 21.5 Å². The highest BCUT2D eigenvalue weighted by Crippen LogP contribution is 2.27. The average Bonchev–Trinajstić information content (AvgIpc) is 2.83. The van der Waals surface area contributed by atoms with Gasteiger partial charge >= 0.3 is 0 Å². The van der Waals surface area contributed by atoms with Gasteiger partial charge in [0.25, 0.3) is 11.8 Å². The van der Waals surface area contributed by atoms with Crippen molar-refractivity contribution in [2.24, 2.45) is 0 Å². The first kappa shape index (κ1) is 23.6. The zero-order chi connectivity index (χ0) is 24.1. The van der Waals surface area contributed by atoms with E-state index in [0.717, 1.165) is 22.5 Å². The molecule has 6 nitrogen and oxygen atoms in total. The fourth-order valence-electron chi connectivity index (χ4n) is 4.13. The van der Waals surface area contributed by atoms with E-state index in [-0.39, 0.29) is 18.4 Å². The van der Waals surface area contributed by atoms with E-state index in [1.807, 2.05) is 55.1 Å². The minimum Gasteiger partial charge on any atom is -0.484 e. The third kappa shape index (κ3) is 5.88. The lowest BCUT2D eigenvalue weighted by atomic mass is 10.1. The van der Waals surface area contributed by atoms with Crippen molar-refractivity contribution in [3.05, 3.63) is 88.4 Å². The topological polar surface area (TPSA) is 61.9 Å². The van der Waals surface area contributed by atoms with E-state index < -0.39 is 0 Å². The highest BCUT2D eigenvalue weighted by molar-refractivity contribution is 6.30. The summed E-state index contributed by atoms with van der Waals surface area (Å²) in [5, 5.41) is 3.58. The summed E-state index contributed by atoms with van der Waals surface area (Å²) in [6.45, 7) is 6.47. The number of ether oxygens (including phenoxy) is 1. The highest BCUT2D eigenvalue weighted by Gasteiger charge is 2.23. The average molecular weight is 478 g/mol. The molecule has 1 aliphatic rings. The second-order valence-electron chi connectivity index (χ2n) is 8.46. The fraction of sp³-hybridized carbons (Fsp3) is 0.259. The number of aryl methyl sites for hydroxylation is 2. The van der Waals surface area contributed by atoms with Crippen molar-refractivity contribution >= 4 is 34.8 Å². The van der Waals surface area contributed by atoms with Gasteiger partial charge in [-0.2, -0.15) is 0 Å². The number of carbonyl (C=O) groups is 2. The molecule has 0 radical (unpaired) electrons. The van der Waals surface area contributed by atoms with Crippen molar-refractivity contribution in [3.63, 3.8) is 0 Å². The molecule has 3 aromatic rings. The summed E-state index contributed by atoms with van der Waals surface area (Å²) in [5.74, 6) is 0.465. The molecule has 34 heavy (non-hydrogen) atoms. The third-order valence-electron chi connectivity index (χ3n) is 5.74. The molecule has 0 atom stereocenters. The molecule has 0 bridgehead atoms. The van der Waals surface area contributed by atoms with Crippen LogP contribution in [0.2, 0.25) is 5.02 Å². The normalized spacial score (nSPS) is 13.5. The van der Waals surface area contributed by atoms with Gasteiger partial charge in [-0.3, -0.25) is 9.59 Å². The van der Waals surface area contributed by atoms with Crippen LogP contribution in [0.4, 0.5) is 11.4 Å². The van der Waals surface area contributed by atoms with Crippen LogP contribution in [0.5, 0.6) is 5.75 Å². The Labute approximate surface area is 205 Å². The zero-order valence-corrected chi connectivity index (χ0v) is 20.1. The molecule has 1 saturated heterocycles. The van der Waals surface area contributed by atoms with Crippen molar-refractivity contribution in [1.82, 2.24) is 4.90 Å². The van der Waals surface area contributed by atoms with Crippen LogP contribution >= 0.6 is 11.6 Å². The molecule has 0 spiro atoms. The van der Waals surface area contributed by atoms with Crippen LogP contribution in [-0.4, -0.2) is 49.5 Å². The zero-order valence-electron chi connectivity index (χ0n) is 19.4. The lowest BCUT2D eigenvalue weighted by Crippen LogP contribution is -2.49. The number of hydrogen-bond donors (Lipinski definition) is 1. The molecule has 1 aliphatic heterocycles. The van der Waals surface area contributed by atoms with Crippen molar-refractivity contribution < 1.29 is 14.3 Å². The molecular formula is C27H28ClN3O3. The van der Waals surface area contributed by atoms with Crippen molar-refractivity contribution in [2.45, 2.75) is 13.8 Å². The van der Waals surface area contributed by atoms with Crippen LogP contribution in [0, 0.1) is 13.8 Å². The van der Waals surface area contributed by atoms with E-state index in [1.54, 1.807) is 24.3 Å². The Kier molecular flexibility index (Phi) is 7.38. The number of halogens is 1. The lowest BCUT2D eigenvalue weighted by Gasteiger charge is -2.37. The second-order valence-corrected chi connectivity index (χ2v) is 8.90. The molecule has 3 aromatic carbocycles. The van der Waals surface area contributed by atoms with Gasteiger partial charge in [0.15, 0.2) is 6.61 Å². The van der Waals surface area contributed by atoms with Gasteiger partial charge in [-0.05, 0) is 73.5 Å². The highest BCUT2D eigenvalue weighted by atomic mass is 35.5. The van der Waals surface area contributed by atoms with Crippen LogP contribution in [0.15, 0.2) is 66.7 Å². The van der Waals surface area contributed by atoms with Crippen LogP contribution in [0.25, 0.3) is 0 Å². The Hall–Kier alpha value is -3.51. The van der Waals surface area contributed by atoms with Crippen LogP contribution in [0.3, 0.4) is 0 Å². The first-order valence-electron chi connectivity index (χ1n) is 11.3. The van der Waals surface area contributed by atoms with Crippen molar-refractivity contribution in [3.8, 4) is 5.75 Å². The molecule has 1 N–H and O–H groups in total. The maximum absolute atomic E-state index is 12.8. The SMILES string of the molecule is Cc1cc(C)cc(OCC(=O)Nc2ccccc2N2CCN(C(=O)c3ccc(Cl)cc3)CC2)c1. The van der Waals surface area contributed by atoms with E-state index in [9.17, 15) is 9.59 Å². The Morgan fingerprint density at radius 2 is 1.56 bits per heavy atom. The fourth-order valence-corrected chi connectivity index (χ4v) is 4.26. The van der Waals surface area contributed by atoms with Gasteiger partial charge in [-0.15, -0.1) is 0 Å². The first-order chi connectivity index (χ1) is 16.4. The van der Waals surface area contributed by atoms with E-state index in [4.69, 9.17) is 16.3 Å². The Morgan fingerprint density at radius 3 is 2.24 bits per heavy atom. The Balaban J connectivity index is 1.35. The van der Waals surface area contributed by atoms with Gasteiger partial charge in [0.05, 0.1) is 11.4 Å². The maximum atomic E-state index is 12.8. The van der Waals surface area contributed by atoms with Gasteiger partial charge in [-0.1, -0.05) is 29.8 Å². The van der Waals surface area contributed by atoms with E-state index >= 15 is 0 Å². The van der Waals surface area contributed by atoms with Crippen molar-refractivity contribution in [1.29, 1.82) is 0 Å². The third-order valence-corrected chi connectivity index (χ3v) is 5.99. The summed E-state index contributed by atoms with van der Waals surface area (Å²) < 4.78 is 5.70. The lowest BCUT2D eigenvalue weighted by molar-refractivity contribution is -0.118. The van der Waals surface area contributed by atoms with Crippen LogP contribution < -0.4 is 15.0 Å². The Morgan fingerprint density at radius 1 is 0.912 bits per heavy atom. The minimum absolute atomic E-state index is 0.00133. The summed E-state index contributed by atoms with van der Waals surface area (Å²) in [4.78, 5) is 29.4. The number of amides is 2. The molecule has 7 heteroatoms. The minimum atomic E-state index is -0.219. The van der Waals surface area contributed by atoms with Gasteiger partial charge in [0, 0.05) is 36.8 Å². The van der Waals surface area contributed by atoms with Gasteiger partial charge in [0.2, 0.25) is 0 Å². The van der Waals surface area contributed by atoms with Gasteiger partial charge in [0.1, 0.15) is 5.75 Å². The number of rotatable bonds is 6. The predicted octanol–water partition coefficient (Wildman–Crippen LogP) is 4.94. The number of benzene rings is 3. The predicted molar refractivity (Wildman–Crippen MR) is 136 cm³/mol. The molecule has 0 aromatic heterocycles. The summed E-state index contributed by atoms with van der Waals surface area (Å²) in [6.07, 6.45) is 0. The molecular weight excluding hydrogens is 450 g/mol. The molecule has 0 unspecified atom stereocenters. The number of nitrogens with zero attached hydrogens (tertiary/aromatic N) is 2. The van der Waals surface area contributed by atoms with Gasteiger partial charge < -0.3 is 19.9 Å². The maximum Gasteiger partial charge on any atom is 0.262 e. The van der Waals surface area contributed by atoms with E-state index in [1.165, 1.54) is 0 Å². The molecule has 0 saturated carbocycles. The Bertz CT molecular complexity index is 1150. The van der Waals surface area contributed by atoms with Crippen LogP contribution in [-0.2, 0) is 4.79 Å². The number of hydrogen-bond acceptors (Lipinski definition) is 4. The van der Waals surface area contributed by atoms with Crippen molar-refractivity contribution in [2.75, 3.05) is 43.0 Å². The number of para-hydroxylation sites is 2. The molecule has 176 valence electrons. The first-order valence-corrected chi connectivity index (χ1v) is 11.7. The summed E-state index contributed by atoms with van der Waals surface area (Å²) in [5.41, 5.74) is 4.48. The summed E-state index contributed by atoms with van der Waals surface area (Å²) in [6, 6.07) is 20.6. The number of anilines is 2.